The summed E-state index contributed by atoms with van der Waals surface area (Å²) in [7, 11) is -4.67. The fourth-order valence-electron chi connectivity index (χ4n) is 0. The Morgan fingerprint density at radius 1 is 1.14 bits per heavy atom. The summed E-state index contributed by atoms with van der Waals surface area (Å²) in [5.74, 6) is 0. The van der Waals surface area contributed by atoms with E-state index in [0.717, 1.165) is 0 Å². The molecule has 0 spiro atoms. The zero-order valence-corrected chi connectivity index (χ0v) is 4.28. The molecule has 0 aromatic heterocycles. The Labute approximate surface area is 74.9 Å². The van der Waals surface area contributed by atoms with Crippen molar-refractivity contribution in [1.29, 1.82) is 0 Å². The quantitative estimate of drug-likeness (QED) is 0.287. The molecule has 0 aliphatic rings. The van der Waals surface area contributed by atoms with Crippen molar-refractivity contribution in [2.45, 2.75) is 0 Å². The first kappa shape index (κ1) is 15.8. The third-order valence-corrected chi connectivity index (χ3v) is 0. The molecule has 0 aromatic rings. The van der Waals surface area contributed by atoms with Crippen molar-refractivity contribution >= 4 is 58.0 Å². The number of rotatable bonds is 0. The van der Waals surface area contributed by atoms with Crippen LogP contribution in [0.1, 0.15) is 0 Å². The molecule has 0 amide bonds. The summed E-state index contributed by atoms with van der Waals surface area (Å²) >= 11 is 0. The van der Waals surface area contributed by atoms with Gasteiger partial charge < -0.3 is 0 Å². The van der Waals surface area contributed by atoms with Crippen LogP contribution in [0.3, 0.4) is 0 Å². The molecule has 0 bridgehead atoms. The molecule has 0 saturated heterocycles. The maximum Gasteiger partial charge on any atom is 0 e. The van der Waals surface area contributed by atoms with Crippen LogP contribution in [0.2, 0.25) is 0 Å². The Bertz CT molecular complexity index is 94.9. The molecule has 0 unspecified atom stereocenters. The van der Waals surface area contributed by atoms with Crippen molar-refractivity contribution in [3.63, 3.8) is 0 Å². The second kappa shape index (κ2) is 5.69. The van der Waals surface area contributed by atoms with Crippen LogP contribution in [0.15, 0.2) is 0 Å². The molecule has 0 heterocycles. The van der Waals surface area contributed by atoms with E-state index in [-0.39, 0.29) is 47.6 Å². The zero-order chi connectivity index (χ0) is 4.50. The van der Waals surface area contributed by atoms with E-state index < -0.39 is 10.4 Å². The van der Waals surface area contributed by atoms with Crippen molar-refractivity contribution in [3.05, 3.63) is 0 Å². The van der Waals surface area contributed by atoms with Gasteiger partial charge in [0.15, 0.2) is 0 Å². The van der Waals surface area contributed by atoms with Crippen LogP contribution in [0.5, 0.6) is 0 Å². The van der Waals surface area contributed by atoms with Crippen molar-refractivity contribution in [3.8, 4) is 0 Å². The molecule has 0 fully saturated rings. The minimum absolute atomic E-state index is 0. The molecule has 0 atom stereocenters. The second-order valence-corrected chi connectivity index (χ2v) is 1.34. The van der Waals surface area contributed by atoms with Crippen LogP contribution >= 0.6 is 9.90 Å². The molecule has 2 N–H and O–H groups in total. The van der Waals surface area contributed by atoms with Gasteiger partial charge in [0, 0.05) is 9.90 Å². The summed E-state index contributed by atoms with van der Waals surface area (Å²) in [5, 5.41) is 0. The topological polar surface area (TPSA) is 74.6 Å². The normalized spacial score (nSPS) is 8.29. The van der Waals surface area contributed by atoms with Crippen LogP contribution in [-0.2, 0) is 10.4 Å². The summed E-state index contributed by atoms with van der Waals surface area (Å²) in [4.78, 5) is 0. The minimum Gasteiger partial charge on any atom is 0 e. The standard InChI is InChI=1S/Ca.H2O4S.P.2H/c;1-5(2,3)4;;;/h;(H2,1,2,3,4);;;. The van der Waals surface area contributed by atoms with Crippen molar-refractivity contribution < 1.29 is 17.5 Å². The average molecular weight is 171 g/mol. The van der Waals surface area contributed by atoms with Crippen LogP contribution in [0.4, 0.5) is 0 Å². The molecule has 0 aromatic carbocycles. The van der Waals surface area contributed by atoms with Crippen LogP contribution < -0.4 is 0 Å². The van der Waals surface area contributed by atoms with Crippen molar-refractivity contribution in [2.24, 2.45) is 0 Å². The number of hydrogen-bond donors (Lipinski definition) is 2. The SMILES string of the molecule is O=S(=O)(O)O.[CaH2].[P]. The molecule has 0 aliphatic heterocycles. The fourth-order valence-corrected chi connectivity index (χ4v) is 0. The third kappa shape index (κ3) is 96.1. The van der Waals surface area contributed by atoms with Gasteiger partial charge in [0.1, 0.15) is 0 Å². The first-order valence-corrected chi connectivity index (χ1v) is 2.10. The molecule has 3 radical (unpaired) electrons. The second-order valence-electron chi connectivity index (χ2n) is 0.448. The van der Waals surface area contributed by atoms with E-state index in [2.05, 4.69) is 0 Å². The Hall–Kier alpha value is 1.56. The summed E-state index contributed by atoms with van der Waals surface area (Å²) in [6.45, 7) is 0. The zero-order valence-electron chi connectivity index (χ0n) is 2.57. The van der Waals surface area contributed by atoms with Gasteiger partial charge in [-0.3, -0.25) is 9.11 Å². The molecule has 0 saturated carbocycles. The van der Waals surface area contributed by atoms with E-state index in [1.807, 2.05) is 0 Å². The Kier molecular flexibility index (Phi) is 12.9. The van der Waals surface area contributed by atoms with Gasteiger partial charge in [0.2, 0.25) is 0 Å². The molecule has 0 rings (SSSR count). The smallest absolute Gasteiger partial charge is 0 e. The predicted molar refractivity (Wildman–Crippen MR) is 29.6 cm³/mol. The minimum atomic E-state index is -4.67. The Balaban J connectivity index is -0.0000000800. The largest absolute Gasteiger partial charge is 0 e. The summed E-state index contributed by atoms with van der Waals surface area (Å²) in [6.07, 6.45) is 0. The van der Waals surface area contributed by atoms with Gasteiger partial charge >= 0.3 is 48.1 Å². The van der Waals surface area contributed by atoms with Crippen LogP contribution in [-0.4, -0.2) is 55.3 Å². The predicted octanol–water partition coefficient (Wildman–Crippen LogP) is -0.708. The third-order valence-electron chi connectivity index (χ3n) is 0. The van der Waals surface area contributed by atoms with Gasteiger partial charge in [-0.15, -0.1) is 0 Å². The van der Waals surface area contributed by atoms with Crippen molar-refractivity contribution in [2.75, 3.05) is 0 Å². The molecule has 7 heavy (non-hydrogen) atoms. The molecule has 41 valence electrons. The van der Waals surface area contributed by atoms with Gasteiger partial charge in [-0.2, -0.15) is 8.42 Å². The molecular formula is H4CaO4PS. The first-order valence-electron chi connectivity index (χ1n) is 0.698. The summed E-state index contributed by atoms with van der Waals surface area (Å²) in [5.41, 5.74) is 0. The summed E-state index contributed by atoms with van der Waals surface area (Å²) < 4.78 is 31.6. The molecular weight excluding hydrogens is 167 g/mol. The van der Waals surface area contributed by atoms with Gasteiger partial charge in [-0.25, -0.2) is 0 Å². The monoisotopic (exact) mass is 171 g/mol. The van der Waals surface area contributed by atoms with Crippen molar-refractivity contribution in [1.82, 2.24) is 0 Å². The van der Waals surface area contributed by atoms with E-state index >= 15 is 0 Å². The summed E-state index contributed by atoms with van der Waals surface area (Å²) in [6, 6.07) is 0. The fraction of sp³-hybridized carbons (Fsp3) is 0. The van der Waals surface area contributed by atoms with E-state index in [4.69, 9.17) is 17.5 Å². The van der Waals surface area contributed by atoms with Crippen LogP contribution in [0.25, 0.3) is 0 Å². The first-order chi connectivity index (χ1) is 2.00. The van der Waals surface area contributed by atoms with E-state index in [9.17, 15) is 0 Å². The van der Waals surface area contributed by atoms with Gasteiger partial charge in [0.05, 0.1) is 0 Å². The molecule has 7 heteroatoms. The Morgan fingerprint density at radius 2 is 1.14 bits per heavy atom. The number of hydrogen-bond acceptors (Lipinski definition) is 2. The molecule has 4 nitrogen and oxygen atoms in total. The van der Waals surface area contributed by atoms with E-state index in [1.54, 1.807) is 0 Å². The van der Waals surface area contributed by atoms with E-state index in [1.165, 1.54) is 0 Å². The maximum atomic E-state index is 8.74. The van der Waals surface area contributed by atoms with Crippen LogP contribution in [0, 0.1) is 0 Å². The van der Waals surface area contributed by atoms with Gasteiger partial charge in [-0.05, 0) is 0 Å². The van der Waals surface area contributed by atoms with E-state index in [0.29, 0.717) is 0 Å². The van der Waals surface area contributed by atoms with Gasteiger partial charge in [-0.1, -0.05) is 0 Å². The molecule has 0 aliphatic carbocycles. The Morgan fingerprint density at radius 3 is 1.14 bits per heavy atom. The maximum absolute atomic E-state index is 8.74. The average Bonchev–Trinajstić information content (AvgIpc) is 0.722. The van der Waals surface area contributed by atoms with Gasteiger partial charge in [0.25, 0.3) is 0 Å².